The van der Waals surface area contributed by atoms with E-state index >= 15 is 0 Å². The summed E-state index contributed by atoms with van der Waals surface area (Å²) >= 11 is 0. The molecule has 1 aliphatic rings. The maximum Gasteiger partial charge on any atom is 0.0446 e. The van der Waals surface area contributed by atoms with E-state index in [4.69, 9.17) is 5.11 Å². The van der Waals surface area contributed by atoms with Crippen LogP contribution in [-0.2, 0) is 0 Å². The van der Waals surface area contributed by atoms with Crippen LogP contribution in [0.1, 0.15) is 33.6 Å². The number of piperazine rings is 1. The van der Waals surface area contributed by atoms with Gasteiger partial charge in [0, 0.05) is 44.4 Å². The zero-order chi connectivity index (χ0) is 13.6. The predicted molar refractivity (Wildman–Crippen MR) is 76.9 cm³/mol. The van der Waals surface area contributed by atoms with Crippen molar-refractivity contribution in [3.8, 4) is 0 Å². The van der Waals surface area contributed by atoms with E-state index < -0.39 is 0 Å². The van der Waals surface area contributed by atoms with E-state index in [9.17, 15) is 0 Å². The second kappa shape index (κ2) is 7.43. The number of hydrogen-bond acceptors (Lipinski definition) is 4. The molecule has 4 nitrogen and oxygen atoms in total. The summed E-state index contributed by atoms with van der Waals surface area (Å²) in [5.74, 6) is 0. The Labute approximate surface area is 112 Å². The Kier molecular flexibility index (Phi) is 6.57. The Hall–Kier alpha value is -0.160. The molecule has 108 valence electrons. The van der Waals surface area contributed by atoms with Gasteiger partial charge in [0.05, 0.1) is 0 Å². The largest absolute Gasteiger partial charge is 0.396 e. The summed E-state index contributed by atoms with van der Waals surface area (Å²) in [5, 5.41) is 12.7. The fraction of sp³-hybridized carbons (Fsp3) is 1.00. The first kappa shape index (κ1) is 15.9. The van der Waals surface area contributed by atoms with E-state index in [0.717, 1.165) is 45.6 Å². The highest BCUT2D eigenvalue weighted by Gasteiger charge is 2.31. The molecule has 0 aliphatic carbocycles. The van der Waals surface area contributed by atoms with E-state index in [-0.39, 0.29) is 12.1 Å². The molecule has 1 rings (SSSR count). The number of nitrogens with one attached hydrogen (secondary N) is 1. The summed E-state index contributed by atoms with van der Waals surface area (Å²) < 4.78 is 0. The molecule has 0 bridgehead atoms. The molecule has 1 unspecified atom stereocenters. The SMILES string of the molecule is CCCNC(CCO)CN1CCN(C)C(C)(C)C1. The summed E-state index contributed by atoms with van der Waals surface area (Å²) in [6.07, 6.45) is 2.00. The van der Waals surface area contributed by atoms with Gasteiger partial charge >= 0.3 is 0 Å². The Balaban J connectivity index is 2.43. The van der Waals surface area contributed by atoms with Crippen molar-refractivity contribution in [2.24, 2.45) is 0 Å². The van der Waals surface area contributed by atoms with Crippen LogP contribution in [0, 0.1) is 0 Å². The van der Waals surface area contributed by atoms with Gasteiger partial charge in [-0.25, -0.2) is 0 Å². The van der Waals surface area contributed by atoms with Crippen LogP contribution in [0.15, 0.2) is 0 Å². The van der Waals surface area contributed by atoms with E-state index in [2.05, 4.69) is 42.9 Å². The Bertz CT molecular complexity index is 233. The molecule has 1 atom stereocenters. The van der Waals surface area contributed by atoms with Crippen molar-refractivity contribution in [3.63, 3.8) is 0 Å². The fourth-order valence-corrected chi connectivity index (χ4v) is 2.57. The standard InChI is InChI=1S/C14H31N3O/c1-5-7-15-13(6-10-18)11-17-9-8-16(4)14(2,3)12-17/h13,15,18H,5-12H2,1-4H3. The first-order valence-corrected chi connectivity index (χ1v) is 7.27. The molecule has 18 heavy (non-hydrogen) atoms. The van der Waals surface area contributed by atoms with Gasteiger partial charge in [-0.05, 0) is 40.3 Å². The maximum atomic E-state index is 9.14. The molecule has 1 heterocycles. The fourth-order valence-electron chi connectivity index (χ4n) is 2.57. The van der Waals surface area contributed by atoms with Crippen LogP contribution in [0.4, 0.5) is 0 Å². The van der Waals surface area contributed by atoms with Crippen molar-refractivity contribution in [1.29, 1.82) is 0 Å². The van der Waals surface area contributed by atoms with Gasteiger partial charge in [-0.1, -0.05) is 6.92 Å². The summed E-state index contributed by atoms with van der Waals surface area (Å²) in [6, 6.07) is 0.425. The summed E-state index contributed by atoms with van der Waals surface area (Å²) in [4.78, 5) is 4.97. The molecular weight excluding hydrogens is 226 g/mol. The third-order valence-corrected chi connectivity index (χ3v) is 4.03. The first-order valence-electron chi connectivity index (χ1n) is 7.27. The number of aliphatic hydroxyl groups is 1. The maximum absolute atomic E-state index is 9.14. The van der Waals surface area contributed by atoms with Gasteiger partial charge in [0.2, 0.25) is 0 Å². The van der Waals surface area contributed by atoms with Gasteiger partial charge in [0.15, 0.2) is 0 Å². The van der Waals surface area contributed by atoms with Crippen molar-refractivity contribution in [2.45, 2.75) is 45.2 Å². The topological polar surface area (TPSA) is 38.7 Å². The van der Waals surface area contributed by atoms with E-state index in [1.54, 1.807) is 0 Å². The predicted octanol–water partition coefficient (Wildman–Crippen LogP) is 0.763. The molecule has 0 spiro atoms. The highest BCUT2D eigenvalue weighted by molar-refractivity contribution is 4.89. The van der Waals surface area contributed by atoms with Gasteiger partial charge in [-0.3, -0.25) is 9.80 Å². The zero-order valence-electron chi connectivity index (χ0n) is 12.6. The van der Waals surface area contributed by atoms with Gasteiger partial charge in [-0.15, -0.1) is 0 Å². The molecule has 1 fully saturated rings. The highest BCUT2D eigenvalue weighted by atomic mass is 16.3. The van der Waals surface area contributed by atoms with E-state index in [1.807, 2.05) is 0 Å². The lowest BCUT2D eigenvalue weighted by Crippen LogP contribution is -2.59. The third kappa shape index (κ3) is 4.84. The molecule has 1 aliphatic heterocycles. The zero-order valence-corrected chi connectivity index (χ0v) is 12.6. The molecular formula is C14H31N3O. The van der Waals surface area contributed by atoms with Crippen molar-refractivity contribution in [2.75, 3.05) is 46.4 Å². The molecule has 0 radical (unpaired) electrons. The molecule has 0 aromatic rings. The van der Waals surface area contributed by atoms with Gasteiger partial charge in [0.1, 0.15) is 0 Å². The summed E-state index contributed by atoms with van der Waals surface area (Å²) in [6.45, 7) is 12.5. The Morgan fingerprint density at radius 3 is 2.61 bits per heavy atom. The molecule has 4 heteroatoms. The van der Waals surface area contributed by atoms with Gasteiger partial charge in [-0.2, -0.15) is 0 Å². The van der Waals surface area contributed by atoms with Crippen molar-refractivity contribution < 1.29 is 5.11 Å². The monoisotopic (exact) mass is 257 g/mol. The van der Waals surface area contributed by atoms with Crippen LogP contribution in [-0.4, -0.2) is 72.9 Å². The lowest BCUT2D eigenvalue weighted by Gasteiger charge is -2.46. The smallest absolute Gasteiger partial charge is 0.0446 e. The summed E-state index contributed by atoms with van der Waals surface area (Å²) in [7, 11) is 2.21. The number of hydrogen-bond donors (Lipinski definition) is 2. The Morgan fingerprint density at radius 1 is 1.33 bits per heavy atom. The van der Waals surface area contributed by atoms with Crippen LogP contribution in [0.25, 0.3) is 0 Å². The minimum Gasteiger partial charge on any atom is -0.396 e. The summed E-state index contributed by atoms with van der Waals surface area (Å²) in [5.41, 5.74) is 0.257. The average Bonchev–Trinajstić information content (AvgIpc) is 2.31. The lowest BCUT2D eigenvalue weighted by atomic mass is 9.99. The second-order valence-corrected chi connectivity index (χ2v) is 6.13. The third-order valence-electron chi connectivity index (χ3n) is 4.03. The number of rotatable bonds is 7. The number of nitrogens with zero attached hydrogens (tertiary/aromatic N) is 2. The van der Waals surface area contributed by atoms with Crippen LogP contribution < -0.4 is 5.32 Å². The van der Waals surface area contributed by atoms with Crippen molar-refractivity contribution >= 4 is 0 Å². The van der Waals surface area contributed by atoms with Crippen molar-refractivity contribution in [3.05, 3.63) is 0 Å². The van der Waals surface area contributed by atoms with E-state index in [1.165, 1.54) is 0 Å². The minimum absolute atomic E-state index is 0.257. The number of aliphatic hydroxyl groups excluding tert-OH is 1. The van der Waals surface area contributed by atoms with Crippen LogP contribution in [0.2, 0.25) is 0 Å². The molecule has 0 saturated carbocycles. The molecule has 1 saturated heterocycles. The quantitative estimate of drug-likeness (QED) is 0.706. The molecule has 0 amide bonds. The highest BCUT2D eigenvalue weighted by Crippen LogP contribution is 2.19. The normalized spacial score (nSPS) is 23.2. The lowest BCUT2D eigenvalue weighted by molar-refractivity contribution is 0.0338. The average molecular weight is 257 g/mol. The molecule has 0 aromatic carbocycles. The Morgan fingerprint density at radius 2 is 2.06 bits per heavy atom. The molecule has 0 aromatic heterocycles. The van der Waals surface area contributed by atoms with Gasteiger partial charge in [0.25, 0.3) is 0 Å². The molecule has 2 N–H and O–H groups in total. The van der Waals surface area contributed by atoms with Crippen LogP contribution >= 0.6 is 0 Å². The van der Waals surface area contributed by atoms with Crippen molar-refractivity contribution in [1.82, 2.24) is 15.1 Å². The number of likely N-dealkylation sites (N-methyl/N-ethyl adjacent to an activating group) is 1. The van der Waals surface area contributed by atoms with Crippen LogP contribution in [0.3, 0.4) is 0 Å². The minimum atomic E-state index is 0.257. The second-order valence-electron chi connectivity index (χ2n) is 6.13. The van der Waals surface area contributed by atoms with Crippen LogP contribution in [0.5, 0.6) is 0 Å². The van der Waals surface area contributed by atoms with E-state index in [0.29, 0.717) is 6.04 Å². The van der Waals surface area contributed by atoms with Gasteiger partial charge < -0.3 is 10.4 Å². The first-order chi connectivity index (χ1) is 8.49.